The van der Waals surface area contributed by atoms with Gasteiger partial charge in [-0.3, -0.25) is 9.59 Å². The second-order valence-electron chi connectivity index (χ2n) is 6.62. The van der Waals surface area contributed by atoms with Crippen molar-refractivity contribution in [3.05, 3.63) is 54.6 Å². The first-order chi connectivity index (χ1) is 14.8. The van der Waals surface area contributed by atoms with E-state index < -0.39 is 11.9 Å². The molecule has 3 rings (SSSR count). The third-order valence-corrected chi connectivity index (χ3v) is 4.50. The molecule has 0 bridgehead atoms. The fourth-order valence-corrected chi connectivity index (χ4v) is 3.13. The summed E-state index contributed by atoms with van der Waals surface area (Å²) in [7, 11) is 3.09. The van der Waals surface area contributed by atoms with E-state index in [1.165, 1.54) is 13.8 Å². The molecule has 0 saturated heterocycles. The first kappa shape index (κ1) is 21.7. The molecule has 0 spiro atoms. The van der Waals surface area contributed by atoms with Crippen LogP contribution in [0.5, 0.6) is 28.7 Å². The number of phenolic OH excluding ortho intramolecular Hbond substituents is 1. The summed E-state index contributed by atoms with van der Waals surface area (Å²) < 4.78 is 21.1. The van der Waals surface area contributed by atoms with Gasteiger partial charge in [0, 0.05) is 19.4 Å². The van der Waals surface area contributed by atoms with Gasteiger partial charge < -0.3 is 24.1 Å². The number of carbonyl (C=O) groups is 2. The average molecular weight is 422 g/mol. The molecule has 0 radical (unpaired) electrons. The Labute approximate surface area is 179 Å². The number of carbonyl (C=O) groups excluding carboxylic acids is 2. The van der Waals surface area contributed by atoms with Crippen molar-refractivity contribution in [3.63, 3.8) is 0 Å². The fraction of sp³-hybridized carbons (Fsp3) is 0.167. The van der Waals surface area contributed by atoms with Gasteiger partial charge in [-0.05, 0) is 41.5 Å². The molecule has 7 nitrogen and oxygen atoms in total. The topological polar surface area (TPSA) is 91.3 Å². The van der Waals surface area contributed by atoms with Crippen molar-refractivity contribution in [1.29, 1.82) is 0 Å². The molecule has 0 heterocycles. The van der Waals surface area contributed by atoms with Crippen molar-refractivity contribution >= 4 is 11.9 Å². The number of benzene rings is 3. The number of aromatic hydroxyl groups is 1. The van der Waals surface area contributed by atoms with Gasteiger partial charge in [-0.15, -0.1) is 0 Å². The van der Waals surface area contributed by atoms with E-state index >= 15 is 0 Å². The molecule has 7 heteroatoms. The molecule has 0 unspecified atom stereocenters. The first-order valence-corrected chi connectivity index (χ1v) is 9.39. The monoisotopic (exact) mass is 422 g/mol. The number of methoxy groups -OCH3 is 2. The summed E-state index contributed by atoms with van der Waals surface area (Å²) in [6.07, 6.45) is 0. The summed E-state index contributed by atoms with van der Waals surface area (Å²) in [5.41, 5.74) is 1.77. The molecule has 1 N–H and O–H groups in total. The molecule has 0 fully saturated rings. The zero-order valence-corrected chi connectivity index (χ0v) is 17.6. The zero-order chi connectivity index (χ0) is 22.5. The number of phenols is 1. The van der Waals surface area contributed by atoms with Crippen LogP contribution in [0.1, 0.15) is 13.8 Å². The van der Waals surface area contributed by atoms with Gasteiger partial charge in [-0.1, -0.05) is 24.3 Å². The molecule has 0 aliphatic heterocycles. The van der Waals surface area contributed by atoms with Crippen LogP contribution in [0.2, 0.25) is 0 Å². The Balaban J connectivity index is 2.28. The molecular formula is C24H22O7. The van der Waals surface area contributed by atoms with Gasteiger partial charge in [0.05, 0.1) is 19.8 Å². The van der Waals surface area contributed by atoms with Crippen molar-refractivity contribution in [3.8, 4) is 51.0 Å². The largest absolute Gasteiger partial charge is 0.504 e. The lowest BCUT2D eigenvalue weighted by molar-refractivity contribution is -0.133. The van der Waals surface area contributed by atoms with E-state index in [-0.39, 0.29) is 22.8 Å². The summed E-state index contributed by atoms with van der Waals surface area (Å²) in [6.45, 7) is 2.51. The van der Waals surface area contributed by atoms with Crippen molar-refractivity contribution in [1.82, 2.24) is 0 Å². The number of esters is 2. The highest BCUT2D eigenvalue weighted by molar-refractivity contribution is 5.91. The average Bonchev–Trinajstić information content (AvgIpc) is 2.75. The number of rotatable bonds is 6. The Morgan fingerprint density at radius 1 is 0.742 bits per heavy atom. The smallest absolute Gasteiger partial charge is 0.308 e. The van der Waals surface area contributed by atoms with Crippen LogP contribution in [0.25, 0.3) is 22.3 Å². The van der Waals surface area contributed by atoms with Crippen LogP contribution in [-0.4, -0.2) is 31.3 Å². The molecule has 0 saturated carbocycles. The predicted octanol–water partition coefficient (Wildman–Crippen LogP) is 4.59. The molecule has 31 heavy (non-hydrogen) atoms. The molecule has 160 valence electrons. The number of hydrogen-bond donors (Lipinski definition) is 1. The maximum atomic E-state index is 11.8. The minimum absolute atomic E-state index is 0.0422. The second kappa shape index (κ2) is 9.21. The minimum Gasteiger partial charge on any atom is -0.504 e. The fourth-order valence-electron chi connectivity index (χ4n) is 3.13. The maximum absolute atomic E-state index is 11.8. The molecule has 0 aliphatic rings. The van der Waals surface area contributed by atoms with Crippen LogP contribution in [0.4, 0.5) is 0 Å². The van der Waals surface area contributed by atoms with Crippen molar-refractivity contribution < 1.29 is 33.6 Å². The Morgan fingerprint density at radius 2 is 1.23 bits per heavy atom. The Morgan fingerprint density at radius 3 is 1.68 bits per heavy atom. The van der Waals surface area contributed by atoms with E-state index in [9.17, 15) is 14.7 Å². The van der Waals surface area contributed by atoms with Gasteiger partial charge in [-0.2, -0.15) is 0 Å². The highest BCUT2D eigenvalue weighted by atomic mass is 16.5. The highest BCUT2D eigenvalue weighted by Gasteiger charge is 2.24. The highest BCUT2D eigenvalue weighted by Crippen LogP contribution is 2.50. The second-order valence-corrected chi connectivity index (χ2v) is 6.62. The van der Waals surface area contributed by atoms with E-state index in [1.54, 1.807) is 68.8 Å². The van der Waals surface area contributed by atoms with Crippen LogP contribution < -0.4 is 18.9 Å². The van der Waals surface area contributed by atoms with E-state index in [0.29, 0.717) is 28.2 Å². The quantitative estimate of drug-likeness (QED) is 0.459. The van der Waals surface area contributed by atoms with Crippen molar-refractivity contribution in [2.45, 2.75) is 13.8 Å². The van der Waals surface area contributed by atoms with E-state index in [1.807, 2.05) is 0 Å². The molecular weight excluding hydrogens is 400 g/mol. The van der Waals surface area contributed by atoms with Crippen molar-refractivity contribution in [2.24, 2.45) is 0 Å². The van der Waals surface area contributed by atoms with E-state index in [0.717, 1.165) is 0 Å². The third kappa shape index (κ3) is 4.78. The molecule has 0 aromatic heterocycles. The Hall–Kier alpha value is -4.00. The first-order valence-electron chi connectivity index (χ1n) is 9.39. The molecule has 3 aromatic rings. The van der Waals surface area contributed by atoms with Crippen LogP contribution in [0.15, 0.2) is 54.6 Å². The van der Waals surface area contributed by atoms with Crippen LogP contribution in [0.3, 0.4) is 0 Å². The summed E-state index contributed by atoms with van der Waals surface area (Å²) in [4.78, 5) is 23.6. The van der Waals surface area contributed by atoms with Crippen LogP contribution >= 0.6 is 0 Å². The van der Waals surface area contributed by atoms with Gasteiger partial charge in [0.1, 0.15) is 17.2 Å². The van der Waals surface area contributed by atoms with Crippen LogP contribution in [0, 0.1) is 0 Å². The van der Waals surface area contributed by atoms with Crippen LogP contribution in [-0.2, 0) is 9.59 Å². The maximum Gasteiger partial charge on any atom is 0.308 e. The third-order valence-electron chi connectivity index (χ3n) is 4.50. The SMILES string of the molecule is COc1ccc(-c2cc(OC(C)=O)c(-c3ccc(OC)cc3)c(O)c2OC(C)=O)cc1. The van der Waals surface area contributed by atoms with Gasteiger partial charge in [0.2, 0.25) is 0 Å². The normalized spacial score (nSPS) is 10.3. The van der Waals surface area contributed by atoms with Gasteiger partial charge >= 0.3 is 11.9 Å². The van der Waals surface area contributed by atoms with E-state index in [2.05, 4.69) is 0 Å². The predicted molar refractivity (Wildman–Crippen MR) is 115 cm³/mol. The molecule has 0 atom stereocenters. The summed E-state index contributed by atoms with van der Waals surface area (Å²) >= 11 is 0. The van der Waals surface area contributed by atoms with Gasteiger partial charge in [0.15, 0.2) is 11.5 Å². The summed E-state index contributed by atoms with van der Waals surface area (Å²) in [5.74, 6) is -0.160. The van der Waals surface area contributed by atoms with Crippen molar-refractivity contribution in [2.75, 3.05) is 14.2 Å². The number of ether oxygens (including phenoxy) is 4. The molecule has 0 amide bonds. The Kier molecular flexibility index (Phi) is 6.45. The minimum atomic E-state index is -0.606. The van der Waals surface area contributed by atoms with E-state index in [4.69, 9.17) is 18.9 Å². The summed E-state index contributed by atoms with van der Waals surface area (Å²) in [5, 5.41) is 11.1. The lowest BCUT2D eigenvalue weighted by atomic mass is 9.96. The van der Waals surface area contributed by atoms with Gasteiger partial charge in [-0.25, -0.2) is 0 Å². The Bertz CT molecular complexity index is 1100. The standard InChI is InChI=1S/C24H22O7/c1-14(25)30-21-13-20(16-5-9-18(28-3)10-6-16)24(31-15(2)26)23(27)22(21)17-7-11-19(29-4)12-8-17/h5-13,27H,1-4H3. The number of hydrogen-bond acceptors (Lipinski definition) is 7. The van der Waals surface area contributed by atoms with Gasteiger partial charge in [0.25, 0.3) is 0 Å². The summed E-state index contributed by atoms with van der Waals surface area (Å²) in [6, 6.07) is 15.3. The lowest BCUT2D eigenvalue weighted by Crippen LogP contribution is -2.07. The zero-order valence-electron chi connectivity index (χ0n) is 17.6. The molecule has 0 aliphatic carbocycles. The lowest BCUT2D eigenvalue weighted by Gasteiger charge is -2.18. The molecule has 3 aromatic carbocycles.